The van der Waals surface area contributed by atoms with Crippen molar-refractivity contribution in [2.45, 2.75) is 0 Å². The van der Waals surface area contributed by atoms with Gasteiger partial charge in [0.05, 0.1) is 18.3 Å². The number of carbonyl (C=O) groups excluding carboxylic acids is 1. The lowest BCUT2D eigenvalue weighted by Crippen LogP contribution is -2.24. The molecule has 6 nitrogen and oxygen atoms in total. The standard InChI is InChI=1S/C12H14ClN3O3/c1-3-4-19-11-9(13)5-8(6-10(11)18-2)7-15-16-12(14)17/h3,5-7H,1,4H2,2H3,(H3,14,16,17)/b15-7+. The molecule has 1 aromatic rings. The number of primary amides is 1. The SMILES string of the molecule is C=CCOc1c(Cl)cc(/C=N/NC(N)=O)cc1OC. The van der Waals surface area contributed by atoms with E-state index >= 15 is 0 Å². The van der Waals surface area contributed by atoms with E-state index in [1.54, 1.807) is 18.2 Å². The number of hydrogen-bond donors (Lipinski definition) is 2. The van der Waals surface area contributed by atoms with Gasteiger partial charge in [-0.2, -0.15) is 5.10 Å². The maximum absolute atomic E-state index is 10.5. The molecule has 0 radical (unpaired) electrons. The maximum atomic E-state index is 10.5. The van der Waals surface area contributed by atoms with E-state index in [2.05, 4.69) is 17.1 Å². The van der Waals surface area contributed by atoms with Gasteiger partial charge in [-0.25, -0.2) is 10.2 Å². The Balaban J connectivity index is 2.98. The van der Waals surface area contributed by atoms with E-state index in [1.165, 1.54) is 13.3 Å². The van der Waals surface area contributed by atoms with Crippen LogP contribution in [0.4, 0.5) is 4.79 Å². The van der Waals surface area contributed by atoms with Gasteiger partial charge in [-0.3, -0.25) is 0 Å². The fraction of sp³-hybridized carbons (Fsp3) is 0.167. The van der Waals surface area contributed by atoms with Crippen LogP contribution in [0.15, 0.2) is 29.9 Å². The molecular weight excluding hydrogens is 270 g/mol. The average Bonchev–Trinajstić information content (AvgIpc) is 2.36. The normalized spacial score (nSPS) is 10.2. The summed E-state index contributed by atoms with van der Waals surface area (Å²) in [5.41, 5.74) is 7.58. The minimum absolute atomic E-state index is 0.312. The van der Waals surface area contributed by atoms with Crippen molar-refractivity contribution in [3.05, 3.63) is 35.4 Å². The molecule has 0 unspecified atom stereocenters. The molecule has 0 aromatic heterocycles. The Hall–Kier alpha value is -2.21. The monoisotopic (exact) mass is 283 g/mol. The van der Waals surface area contributed by atoms with Crippen LogP contribution >= 0.6 is 11.6 Å². The zero-order valence-corrected chi connectivity index (χ0v) is 11.1. The smallest absolute Gasteiger partial charge is 0.332 e. The lowest BCUT2D eigenvalue weighted by atomic mass is 10.2. The molecule has 0 aliphatic heterocycles. The largest absolute Gasteiger partial charge is 0.493 e. The van der Waals surface area contributed by atoms with Gasteiger partial charge in [-0.1, -0.05) is 24.3 Å². The van der Waals surface area contributed by atoms with Crippen LogP contribution in [-0.4, -0.2) is 26.0 Å². The van der Waals surface area contributed by atoms with Crippen molar-refractivity contribution >= 4 is 23.8 Å². The number of halogens is 1. The summed E-state index contributed by atoms with van der Waals surface area (Å²) in [6.45, 7) is 3.87. The number of ether oxygens (including phenoxy) is 2. The number of benzene rings is 1. The molecule has 0 aliphatic rings. The Bertz CT molecular complexity index is 503. The molecule has 0 fully saturated rings. The van der Waals surface area contributed by atoms with E-state index < -0.39 is 6.03 Å². The van der Waals surface area contributed by atoms with Gasteiger partial charge in [-0.05, 0) is 17.7 Å². The molecule has 0 bridgehead atoms. The van der Waals surface area contributed by atoms with Gasteiger partial charge in [-0.15, -0.1) is 0 Å². The number of urea groups is 1. The van der Waals surface area contributed by atoms with Crippen molar-refractivity contribution in [3.63, 3.8) is 0 Å². The first kappa shape index (κ1) is 14.8. The number of nitrogens with two attached hydrogens (primary N) is 1. The predicted molar refractivity (Wildman–Crippen MR) is 74.0 cm³/mol. The molecule has 0 aliphatic carbocycles. The molecule has 102 valence electrons. The van der Waals surface area contributed by atoms with Gasteiger partial charge in [0.1, 0.15) is 6.61 Å². The summed E-state index contributed by atoms with van der Waals surface area (Å²) in [5, 5.41) is 3.99. The van der Waals surface area contributed by atoms with Crippen molar-refractivity contribution < 1.29 is 14.3 Å². The number of nitrogens with one attached hydrogen (secondary N) is 1. The third-order valence-corrected chi connectivity index (χ3v) is 2.27. The van der Waals surface area contributed by atoms with Crippen LogP contribution in [0.2, 0.25) is 5.02 Å². The van der Waals surface area contributed by atoms with Gasteiger partial charge in [0.25, 0.3) is 0 Å². The zero-order valence-electron chi connectivity index (χ0n) is 10.4. The van der Waals surface area contributed by atoms with Gasteiger partial charge in [0.15, 0.2) is 11.5 Å². The van der Waals surface area contributed by atoms with E-state index in [1.807, 2.05) is 0 Å². The Morgan fingerprint density at radius 1 is 1.63 bits per heavy atom. The minimum Gasteiger partial charge on any atom is -0.493 e. The lowest BCUT2D eigenvalue weighted by Gasteiger charge is -2.11. The molecule has 2 amide bonds. The van der Waals surface area contributed by atoms with Crippen molar-refractivity contribution in [2.24, 2.45) is 10.8 Å². The summed E-state index contributed by atoms with van der Waals surface area (Å²) >= 11 is 6.08. The number of nitrogens with zero attached hydrogens (tertiary/aromatic N) is 1. The summed E-state index contributed by atoms with van der Waals surface area (Å²) in [4.78, 5) is 10.5. The van der Waals surface area contributed by atoms with Crippen LogP contribution in [0, 0.1) is 0 Å². The van der Waals surface area contributed by atoms with E-state index in [4.69, 9.17) is 26.8 Å². The van der Waals surface area contributed by atoms with Crippen LogP contribution in [0.3, 0.4) is 0 Å². The second kappa shape index (κ2) is 7.27. The van der Waals surface area contributed by atoms with E-state index in [9.17, 15) is 4.79 Å². The molecule has 0 atom stereocenters. The fourth-order valence-electron chi connectivity index (χ4n) is 1.27. The van der Waals surface area contributed by atoms with Crippen LogP contribution in [0.1, 0.15) is 5.56 Å². The van der Waals surface area contributed by atoms with Crippen LogP contribution < -0.4 is 20.6 Å². The van der Waals surface area contributed by atoms with Crippen molar-refractivity contribution in [3.8, 4) is 11.5 Å². The van der Waals surface area contributed by atoms with Gasteiger partial charge >= 0.3 is 6.03 Å². The molecule has 1 rings (SSSR count). The van der Waals surface area contributed by atoms with Crippen LogP contribution in [-0.2, 0) is 0 Å². The Labute approximate surface area is 115 Å². The van der Waals surface area contributed by atoms with E-state index in [0.717, 1.165) is 0 Å². The van der Waals surface area contributed by atoms with Crippen LogP contribution in [0.5, 0.6) is 11.5 Å². The topological polar surface area (TPSA) is 85.9 Å². The van der Waals surface area contributed by atoms with Gasteiger partial charge in [0, 0.05) is 0 Å². The number of amides is 2. The highest BCUT2D eigenvalue weighted by Gasteiger charge is 2.10. The molecule has 19 heavy (non-hydrogen) atoms. The first-order chi connectivity index (χ1) is 9.08. The quantitative estimate of drug-likeness (QED) is 0.475. The summed E-state index contributed by atoms with van der Waals surface area (Å²) < 4.78 is 10.6. The third kappa shape index (κ3) is 4.51. The van der Waals surface area contributed by atoms with Gasteiger partial charge in [0.2, 0.25) is 0 Å². The van der Waals surface area contributed by atoms with Crippen LogP contribution in [0.25, 0.3) is 0 Å². The Kier molecular flexibility index (Phi) is 5.69. The predicted octanol–water partition coefficient (Wildman–Crippen LogP) is 1.92. The molecule has 0 heterocycles. The summed E-state index contributed by atoms with van der Waals surface area (Å²) in [5.74, 6) is 0.874. The number of methoxy groups -OCH3 is 1. The molecule has 3 N–H and O–H groups in total. The summed E-state index contributed by atoms with van der Waals surface area (Å²) in [6, 6.07) is 2.53. The molecule has 0 saturated carbocycles. The van der Waals surface area contributed by atoms with Crippen molar-refractivity contribution in [2.75, 3.05) is 13.7 Å². The highest BCUT2D eigenvalue weighted by molar-refractivity contribution is 6.32. The maximum Gasteiger partial charge on any atom is 0.332 e. The summed E-state index contributed by atoms with van der Waals surface area (Å²) in [7, 11) is 1.50. The molecule has 1 aromatic carbocycles. The van der Waals surface area contributed by atoms with Gasteiger partial charge < -0.3 is 15.2 Å². The highest BCUT2D eigenvalue weighted by Crippen LogP contribution is 2.35. The average molecular weight is 284 g/mol. The Morgan fingerprint density at radius 3 is 2.95 bits per heavy atom. The minimum atomic E-state index is -0.750. The third-order valence-electron chi connectivity index (χ3n) is 1.99. The molecular formula is C12H14ClN3O3. The second-order valence-electron chi connectivity index (χ2n) is 3.37. The number of hydrazone groups is 1. The lowest BCUT2D eigenvalue weighted by molar-refractivity contribution is 0.249. The Morgan fingerprint density at radius 2 is 2.37 bits per heavy atom. The number of carbonyl (C=O) groups is 1. The fourth-order valence-corrected chi connectivity index (χ4v) is 1.54. The first-order valence-electron chi connectivity index (χ1n) is 5.28. The second-order valence-corrected chi connectivity index (χ2v) is 3.78. The highest BCUT2D eigenvalue weighted by atomic mass is 35.5. The van der Waals surface area contributed by atoms with E-state index in [-0.39, 0.29) is 0 Å². The zero-order chi connectivity index (χ0) is 14.3. The van der Waals surface area contributed by atoms with Crippen molar-refractivity contribution in [1.29, 1.82) is 0 Å². The molecule has 0 saturated heterocycles. The molecule has 7 heteroatoms. The first-order valence-corrected chi connectivity index (χ1v) is 5.66. The molecule has 0 spiro atoms. The van der Waals surface area contributed by atoms with E-state index in [0.29, 0.717) is 28.7 Å². The summed E-state index contributed by atoms with van der Waals surface area (Å²) in [6.07, 6.45) is 2.98. The number of rotatable bonds is 6. The number of hydrogen-bond acceptors (Lipinski definition) is 4. The van der Waals surface area contributed by atoms with Crippen molar-refractivity contribution in [1.82, 2.24) is 5.43 Å².